The molecule has 0 fully saturated rings. The summed E-state index contributed by atoms with van der Waals surface area (Å²) >= 11 is 9.72. The van der Waals surface area contributed by atoms with Crippen molar-refractivity contribution in [1.29, 1.82) is 0 Å². The fourth-order valence-electron chi connectivity index (χ4n) is 3.50. The second kappa shape index (κ2) is 10.8. The smallest absolute Gasteiger partial charge is 0.416 e. The molecule has 0 saturated heterocycles. The highest BCUT2D eigenvalue weighted by Gasteiger charge is 2.31. The number of fused-ring (bicyclic) bond motifs is 1. The number of aromatic nitrogens is 2. The Hall–Kier alpha value is -3.90. The number of rotatable bonds is 7. The van der Waals surface area contributed by atoms with Crippen LogP contribution in [0.4, 0.5) is 13.2 Å². The van der Waals surface area contributed by atoms with Crippen LogP contribution < -0.4 is 20.8 Å². The lowest BCUT2D eigenvalue weighted by atomic mass is 10.1. The Morgan fingerprint density at radius 1 is 1.21 bits per heavy atom. The summed E-state index contributed by atoms with van der Waals surface area (Å²) < 4.78 is 52.0. The summed E-state index contributed by atoms with van der Waals surface area (Å²) in [5, 5.41) is 4.50. The zero-order valence-electron chi connectivity index (χ0n) is 19.4. The molecule has 1 amide bonds. The molecule has 1 aromatic heterocycles. The van der Waals surface area contributed by atoms with Gasteiger partial charge in [0.1, 0.15) is 5.02 Å². The maximum absolute atomic E-state index is 13.4. The zero-order chi connectivity index (χ0) is 27.6. The molecular weight excluding hydrogens is 593 g/mol. The highest BCUT2D eigenvalue weighted by Crippen LogP contribution is 2.42. The second-order valence-electron chi connectivity index (χ2n) is 7.77. The highest BCUT2D eigenvalue weighted by molar-refractivity contribution is 9.10. The van der Waals surface area contributed by atoms with Gasteiger partial charge in [0.15, 0.2) is 23.9 Å². The first-order chi connectivity index (χ1) is 18.0. The first kappa shape index (κ1) is 27.1. The number of primary amides is 1. The molecule has 8 nitrogen and oxygen atoms in total. The van der Waals surface area contributed by atoms with Gasteiger partial charge in [0.05, 0.1) is 29.8 Å². The van der Waals surface area contributed by atoms with E-state index in [-0.39, 0.29) is 37.8 Å². The van der Waals surface area contributed by atoms with Crippen molar-refractivity contribution in [3.63, 3.8) is 0 Å². The third-order valence-corrected chi connectivity index (χ3v) is 6.69. The summed E-state index contributed by atoms with van der Waals surface area (Å²) in [6.45, 7) is -0.450. The van der Waals surface area contributed by atoms with Crippen molar-refractivity contribution in [2.75, 3.05) is 13.7 Å². The molecule has 4 aromatic rings. The van der Waals surface area contributed by atoms with Crippen molar-refractivity contribution in [2.45, 2.75) is 6.18 Å². The van der Waals surface area contributed by atoms with E-state index >= 15 is 0 Å². The Morgan fingerprint density at radius 2 is 1.95 bits per heavy atom. The number of carbonyl (C=O) groups is 1. The van der Waals surface area contributed by atoms with Crippen LogP contribution in [0.25, 0.3) is 22.3 Å². The fourth-order valence-corrected chi connectivity index (χ4v) is 4.15. The van der Waals surface area contributed by atoms with Gasteiger partial charge >= 0.3 is 6.18 Å². The van der Waals surface area contributed by atoms with Gasteiger partial charge in [-0.15, -0.1) is 0 Å². The normalized spacial score (nSPS) is 11.7. The number of amides is 1. The topological polar surface area (TPSA) is 109 Å². The molecule has 1 heterocycles. The number of methoxy groups -OCH3 is 1. The molecule has 0 bridgehead atoms. The van der Waals surface area contributed by atoms with Gasteiger partial charge in [-0.25, -0.2) is 4.98 Å². The van der Waals surface area contributed by atoms with Gasteiger partial charge in [0.25, 0.3) is 11.5 Å². The summed E-state index contributed by atoms with van der Waals surface area (Å²) in [6, 6.07) is 12.3. The van der Waals surface area contributed by atoms with E-state index in [9.17, 15) is 22.8 Å². The van der Waals surface area contributed by atoms with E-state index in [1.807, 2.05) is 0 Å². The first-order valence-electron chi connectivity index (χ1n) is 10.7. The van der Waals surface area contributed by atoms with Crippen LogP contribution in [0.3, 0.4) is 0 Å². The van der Waals surface area contributed by atoms with Crippen LogP contribution in [-0.4, -0.2) is 35.5 Å². The predicted octanol–water partition coefficient (Wildman–Crippen LogP) is 5.25. The first-order valence-corrected chi connectivity index (χ1v) is 11.9. The van der Waals surface area contributed by atoms with Crippen LogP contribution in [0.15, 0.2) is 69.0 Å². The van der Waals surface area contributed by atoms with E-state index in [2.05, 4.69) is 26.0 Å². The van der Waals surface area contributed by atoms with Gasteiger partial charge in [-0.2, -0.15) is 22.9 Å². The Balaban J connectivity index is 1.89. The standard InChI is InChI=1S/C25H17BrClF3N4O4/c1-37-18-10-14(20(26)21(27)22(18)38-12-19(31)35)11-32-34-23(13-5-4-6-15(9-13)25(28,29)30)33-17-8-3-2-7-16(17)24(34)36/h2-11H,12H2,1H3,(H2,31,35). The molecule has 0 saturated carbocycles. The molecule has 0 unspecified atom stereocenters. The molecule has 13 heteroatoms. The molecule has 4 rings (SSSR count). The molecule has 38 heavy (non-hydrogen) atoms. The van der Waals surface area contributed by atoms with E-state index in [1.165, 1.54) is 37.6 Å². The van der Waals surface area contributed by atoms with Gasteiger partial charge in [0.2, 0.25) is 0 Å². The summed E-state index contributed by atoms with van der Waals surface area (Å²) in [4.78, 5) is 28.9. The molecule has 196 valence electrons. The summed E-state index contributed by atoms with van der Waals surface area (Å²) in [5.41, 5.74) is 4.27. The summed E-state index contributed by atoms with van der Waals surface area (Å²) in [6.07, 6.45) is -3.34. The van der Waals surface area contributed by atoms with E-state index in [4.69, 9.17) is 26.8 Å². The van der Waals surface area contributed by atoms with Crippen molar-refractivity contribution in [3.8, 4) is 22.9 Å². The molecule has 0 atom stereocenters. The fraction of sp³-hybridized carbons (Fsp3) is 0.120. The van der Waals surface area contributed by atoms with Crippen LogP contribution in [0, 0.1) is 0 Å². The molecular formula is C25H17BrClF3N4O4. The SMILES string of the molecule is COc1cc(C=Nn2c(-c3cccc(C(F)(F)F)c3)nc3ccccc3c2=O)c(Br)c(Cl)c1OCC(N)=O. The minimum absolute atomic E-state index is 0.0321. The predicted molar refractivity (Wildman–Crippen MR) is 140 cm³/mol. The Bertz CT molecular complexity index is 1640. The van der Waals surface area contributed by atoms with Crippen molar-refractivity contribution < 1.29 is 27.4 Å². The lowest BCUT2D eigenvalue weighted by molar-refractivity contribution is -0.137. The van der Waals surface area contributed by atoms with Gasteiger partial charge in [-0.05, 0) is 46.3 Å². The molecule has 0 radical (unpaired) electrons. The number of halogens is 5. The van der Waals surface area contributed by atoms with E-state index < -0.39 is 29.8 Å². The van der Waals surface area contributed by atoms with Crippen LogP contribution in [0.2, 0.25) is 5.02 Å². The number of ether oxygens (including phenoxy) is 2. The van der Waals surface area contributed by atoms with Crippen molar-refractivity contribution >= 4 is 50.6 Å². The third-order valence-electron chi connectivity index (χ3n) is 5.25. The number of alkyl halides is 3. The van der Waals surface area contributed by atoms with Gasteiger partial charge in [-0.3, -0.25) is 9.59 Å². The maximum Gasteiger partial charge on any atom is 0.416 e. The van der Waals surface area contributed by atoms with Crippen LogP contribution >= 0.6 is 27.5 Å². The number of nitrogens with zero attached hydrogens (tertiary/aromatic N) is 3. The van der Waals surface area contributed by atoms with Gasteiger partial charge in [0, 0.05) is 15.6 Å². The zero-order valence-corrected chi connectivity index (χ0v) is 21.8. The van der Waals surface area contributed by atoms with Crippen LogP contribution in [0.5, 0.6) is 11.5 Å². The van der Waals surface area contributed by atoms with E-state index in [0.717, 1.165) is 16.8 Å². The van der Waals surface area contributed by atoms with Crippen molar-refractivity contribution in [2.24, 2.45) is 10.8 Å². The van der Waals surface area contributed by atoms with Gasteiger partial charge in [-0.1, -0.05) is 35.9 Å². The molecule has 0 spiro atoms. The number of hydrogen-bond donors (Lipinski definition) is 1. The largest absolute Gasteiger partial charge is 0.493 e. The van der Waals surface area contributed by atoms with E-state index in [1.54, 1.807) is 18.2 Å². The summed E-state index contributed by atoms with van der Waals surface area (Å²) in [7, 11) is 1.35. The minimum Gasteiger partial charge on any atom is -0.493 e. The average Bonchev–Trinajstić information content (AvgIpc) is 2.89. The van der Waals surface area contributed by atoms with Crippen molar-refractivity contribution in [3.05, 3.63) is 85.6 Å². The molecule has 2 N–H and O–H groups in total. The van der Waals surface area contributed by atoms with Crippen molar-refractivity contribution in [1.82, 2.24) is 9.66 Å². The Labute approximate surface area is 226 Å². The molecule has 0 aliphatic carbocycles. The summed E-state index contributed by atoms with van der Waals surface area (Å²) in [5.74, 6) is -0.643. The molecule has 0 aliphatic rings. The molecule has 0 aliphatic heterocycles. The Kier molecular flexibility index (Phi) is 7.74. The minimum atomic E-state index is -4.60. The highest BCUT2D eigenvalue weighted by atomic mass is 79.9. The van der Waals surface area contributed by atoms with E-state index in [0.29, 0.717) is 11.1 Å². The molecule has 3 aromatic carbocycles. The third kappa shape index (κ3) is 5.50. The lowest BCUT2D eigenvalue weighted by Crippen LogP contribution is -2.21. The lowest BCUT2D eigenvalue weighted by Gasteiger charge is -2.14. The average molecular weight is 610 g/mol. The van der Waals surface area contributed by atoms with Gasteiger partial charge < -0.3 is 15.2 Å². The monoisotopic (exact) mass is 608 g/mol. The second-order valence-corrected chi connectivity index (χ2v) is 8.94. The number of benzene rings is 3. The number of para-hydroxylation sites is 1. The maximum atomic E-state index is 13.4. The van der Waals surface area contributed by atoms with Crippen LogP contribution in [-0.2, 0) is 11.0 Å². The Morgan fingerprint density at radius 3 is 2.63 bits per heavy atom. The quantitative estimate of drug-likeness (QED) is 0.288. The number of nitrogens with two attached hydrogens (primary N) is 1. The van der Waals surface area contributed by atoms with Crippen LogP contribution in [0.1, 0.15) is 11.1 Å². The number of carbonyl (C=O) groups excluding carboxylic acids is 1. The number of hydrogen-bond acceptors (Lipinski definition) is 6.